The maximum Gasteiger partial charge on any atom is 0.320 e. The zero-order valence-electron chi connectivity index (χ0n) is 60.3. The van der Waals surface area contributed by atoms with Crippen LogP contribution in [-0.4, -0.2) is 99.8 Å². The maximum atomic E-state index is 11.3. The first-order valence-corrected chi connectivity index (χ1v) is 37.2. The highest BCUT2D eigenvalue weighted by atomic mass is 35.5. The Morgan fingerprint density at radius 1 is 0.565 bits per heavy atom. The predicted octanol–water partition coefficient (Wildman–Crippen LogP) is 20.1. The van der Waals surface area contributed by atoms with Crippen LogP contribution < -0.4 is 24.7 Å². The van der Waals surface area contributed by atoms with Crippen molar-refractivity contribution in [1.29, 1.82) is 0 Å². The van der Waals surface area contributed by atoms with Crippen molar-refractivity contribution < 1.29 is 77.7 Å². The quantitative estimate of drug-likeness (QED) is 0.0162. The van der Waals surface area contributed by atoms with Crippen LogP contribution in [0.25, 0.3) is 0 Å². The molecule has 1 saturated heterocycles. The summed E-state index contributed by atoms with van der Waals surface area (Å²) >= 11 is 52.1. The second kappa shape index (κ2) is 42.1. The number of carbonyl (C=O) groups is 5. The molecule has 578 valence electrons. The summed E-state index contributed by atoms with van der Waals surface area (Å²) < 4.78 is 29.7. The van der Waals surface area contributed by atoms with Gasteiger partial charge in [-0.1, -0.05) is 149 Å². The number of phenolic OH excluding ortho intramolecular Hbond substituents is 3. The number of aldehydes is 1. The van der Waals surface area contributed by atoms with E-state index in [9.17, 15) is 49.4 Å². The normalized spacial score (nSPS) is 13.8. The number of nitro groups is 1. The van der Waals surface area contributed by atoms with E-state index in [0.717, 1.165) is 108 Å². The van der Waals surface area contributed by atoms with Crippen LogP contribution in [0.5, 0.6) is 40.2 Å². The van der Waals surface area contributed by atoms with E-state index >= 15 is 0 Å². The number of carbonyl (C=O) groups excluding carboxylic acids is 4. The number of nitrogens with zero attached hydrogens (tertiary/aromatic N) is 3. The number of methoxy groups -OCH3 is 4. The predicted molar refractivity (Wildman–Crippen MR) is 422 cm³/mol. The summed E-state index contributed by atoms with van der Waals surface area (Å²) in [5, 5.41) is 59.1. The summed E-state index contributed by atoms with van der Waals surface area (Å²) in [7, 11) is 6.25. The number of carboxylic acids is 1. The van der Waals surface area contributed by atoms with Crippen molar-refractivity contribution in [3.05, 3.63) is 219 Å². The first-order chi connectivity index (χ1) is 51.2. The highest BCUT2D eigenvalue weighted by Gasteiger charge is 2.34. The van der Waals surface area contributed by atoms with Gasteiger partial charge in [0.1, 0.15) is 46.7 Å². The van der Waals surface area contributed by atoms with E-state index in [-0.39, 0.29) is 40.8 Å². The Bertz CT molecular complexity index is 4560. The number of phenols is 3. The number of ether oxygens (including phenoxy) is 6. The summed E-state index contributed by atoms with van der Waals surface area (Å²) in [5.74, 6) is 0.614. The average molecular weight is 1670 g/mol. The van der Waals surface area contributed by atoms with Gasteiger partial charge < -0.3 is 54.6 Å². The van der Waals surface area contributed by atoms with E-state index < -0.39 is 28.6 Å². The molecule has 0 amide bonds. The number of para-hydroxylation sites is 2. The van der Waals surface area contributed by atoms with Gasteiger partial charge in [-0.15, -0.1) is 10.2 Å². The van der Waals surface area contributed by atoms with Crippen LogP contribution in [-0.2, 0) is 88.1 Å². The lowest BCUT2D eigenvalue weighted by molar-refractivity contribution is -0.385. The molecule has 0 unspecified atom stereocenters. The van der Waals surface area contributed by atoms with Crippen molar-refractivity contribution in [3.8, 4) is 40.2 Å². The number of halogens is 9. The molecule has 30 heteroatoms. The molecule has 0 saturated carbocycles. The monoisotopic (exact) mass is 1660 g/mol. The number of rotatable bonds is 10. The number of anilines is 1. The van der Waals surface area contributed by atoms with Crippen molar-refractivity contribution in [2.45, 2.75) is 149 Å². The van der Waals surface area contributed by atoms with E-state index in [1.54, 1.807) is 74.9 Å². The second-order valence-corrected chi connectivity index (χ2v) is 28.9. The molecule has 8 aromatic rings. The van der Waals surface area contributed by atoms with Crippen LogP contribution in [0.2, 0.25) is 45.5 Å². The van der Waals surface area contributed by atoms with E-state index in [0.29, 0.717) is 119 Å². The Morgan fingerprint density at radius 2 is 1.04 bits per heavy atom. The zero-order chi connectivity index (χ0) is 79.9. The molecule has 14 rings (SSSR count). The molecule has 0 radical (unpaired) electrons. The number of nitrogen functional groups attached to an aromatic ring is 1. The van der Waals surface area contributed by atoms with Gasteiger partial charge in [-0.2, -0.15) is 0 Å². The number of ketones is 1. The number of esters is 2. The zero-order valence-corrected chi connectivity index (χ0v) is 67.1. The fourth-order valence-electron chi connectivity index (χ4n) is 12.4. The molecule has 0 bridgehead atoms. The van der Waals surface area contributed by atoms with Crippen molar-refractivity contribution in [2.24, 2.45) is 0 Å². The lowest BCUT2D eigenvalue weighted by Crippen LogP contribution is -2.39. The fraction of sp³-hybridized carbons (Fsp3) is 0.346. The molecule has 0 spiro atoms. The first kappa shape index (κ1) is 88.7. The van der Waals surface area contributed by atoms with Gasteiger partial charge >= 0.3 is 17.9 Å². The van der Waals surface area contributed by atoms with Gasteiger partial charge in [0.05, 0.1) is 74.1 Å². The topological polar surface area (TPSA) is 317 Å². The minimum Gasteiger partial charge on any atom is -0.506 e. The van der Waals surface area contributed by atoms with Crippen molar-refractivity contribution in [3.63, 3.8) is 0 Å². The standard InChI is InChI=1S/C10H11ClO3.C10H9ClO2.C10H11ClO.C9H8ClNO3.C9H10ClNO.C9H9ClO.C8H7ClO2.C7H8Cl2N2.C6H8O4/c1-14-10-7(5-6-9(12)13)3-2-4-8(10)11;1-13-10-7-3-5-9(12)6(7)2-4-8(10)11;1-12-10-8-4-2-3-7(8)5-6-9(10)11;10-7-4-8(11(13)14)5-2-1-3-6(5)9(7)12;10-7-4-8(11)5-2-1-3-6(5)9(7)12;10-8-5-4-6-2-1-3-7(6)9(8)11;1-11-8-6(5-10)3-2-4-7(8)9;1-4(2)5-3-6(8)10-11-7(5)9;1-6(2)9-4(7)3-5(8)10-6/h2-4H,5-6H2,1H3,(H,12,13);2,4H,3,5H2,1H3;5-6H,2-4H2,1H3;4,12H,1-3H2;4,12H,1-3,11H2;4-5,11H,1-3H2;2-5H,1H3;3-4H,1-2H3;3H2,1-2H3. The number of nitro benzene ring substituents is 1. The van der Waals surface area contributed by atoms with Crippen LogP contribution in [0.4, 0.5) is 11.4 Å². The Hall–Kier alpha value is -8.22. The lowest BCUT2D eigenvalue weighted by atomic mass is 10.1. The molecule has 21 nitrogen and oxygen atoms in total. The number of aromatic hydroxyl groups is 3. The van der Waals surface area contributed by atoms with Crippen LogP contribution >= 0.6 is 104 Å². The summed E-state index contributed by atoms with van der Waals surface area (Å²) in [4.78, 5) is 63.5. The Morgan fingerprint density at radius 3 is 1.57 bits per heavy atom. The number of hydrogen-bond acceptors (Lipinski definition) is 19. The number of benzene rings is 7. The molecule has 7 aromatic carbocycles. The van der Waals surface area contributed by atoms with Crippen LogP contribution in [0, 0.1) is 10.1 Å². The van der Waals surface area contributed by atoms with E-state index in [2.05, 4.69) is 25.7 Å². The van der Waals surface area contributed by atoms with Crippen molar-refractivity contribution >= 4 is 146 Å². The first-order valence-electron chi connectivity index (χ1n) is 33.8. The Labute approximate surface area is 670 Å². The van der Waals surface area contributed by atoms with Crippen LogP contribution in [0.1, 0.15) is 160 Å². The minimum absolute atomic E-state index is 0.00441. The molecule has 2 heterocycles. The number of carboxylic acid groups (broad SMARTS) is 1. The van der Waals surface area contributed by atoms with Gasteiger partial charge in [-0.05, 0) is 189 Å². The molecule has 0 atom stereocenters. The molecule has 1 aromatic heterocycles. The number of aliphatic carboxylic acids is 1. The van der Waals surface area contributed by atoms with E-state index in [4.69, 9.17) is 134 Å². The number of hydrogen-bond donors (Lipinski definition) is 5. The third kappa shape index (κ3) is 24.4. The van der Waals surface area contributed by atoms with Crippen LogP contribution in [0.3, 0.4) is 0 Å². The molecule has 6 N–H and O–H groups in total. The fourth-order valence-corrected chi connectivity index (χ4v) is 14.5. The molecular weight excluding hydrogens is 1580 g/mol. The third-order valence-corrected chi connectivity index (χ3v) is 19.9. The van der Waals surface area contributed by atoms with Crippen LogP contribution in [0.15, 0.2) is 91.0 Å². The van der Waals surface area contributed by atoms with Gasteiger partial charge in [0.15, 0.2) is 22.4 Å². The SMILES string of the molecule is CC(C)c1cc(Cl)nnc1Cl.CC1(C)OC(=O)CC(=O)O1.COc1c(Cl)ccc2c1CCC2.COc1c(Cl)ccc2c1CCC2=O.COc1c(Cl)cccc1C=O.COc1c(Cl)cccc1CCC(=O)O.Nc1cc(Cl)c(O)c2c1CCC2.O=[N+]([O-])c1cc(Cl)c(O)c2c1CCC2.Oc1c(Cl)ccc2c1CCC2. The second-order valence-electron chi connectivity index (χ2n) is 25.3. The number of fused-ring (bicyclic) bond motifs is 5. The maximum absolute atomic E-state index is 11.3. The number of cyclic esters (lactones) is 2. The van der Waals surface area contributed by atoms with Crippen molar-refractivity contribution in [1.82, 2.24) is 10.2 Å². The highest BCUT2D eigenvalue weighted by Crippen LogP contribution is 2.43. The smallest absolute Gasteiger partial charge is 0.320 e. The molecular formula is C78H81Cl9N4O17. The van der Waals surface area contributed by atoms with Gasteiger partial charge in [0.2, 0.25) is 0 Å². The van der Waals surface area contributed by atoms with Gasteiger partial charge in [0.25, 0.3) is 11.5 Å². The minimum atomic E-state index is -1.08. The van der Waals surface area contributed by atoms with Crippen molar-refractivity contribution in [2.75, 3.05) is 34.2 Å². The average Bonchev–Trinajstić information content (AvgIpc) is 1.58. The number of nitrogens with two attached hydrogens (primary N) is 1. The number of aryl methyl sites for hydroxylation is 3. The summed E-state index contributed by atoms with van der Waals surface area (Å²) in [5.41, 5.74) is 18.8. The van der Waals surface area contributed by atoms with E-state index in [1.807, 2.05) is 32.0 Å². The van der Waals surface area contributed by atoms with Gasteiger partial charge in [0, 0.05) is 66.3 Å². The number of aromatic nitrogens is 2. The van der Waals surface area contributed by atoms with Gasteiger partial charge in [-0.25, -0.2) is 0 Å². The summed E-state index contributed by atoms with van der Waals surface area (Å²) in [6, 6.07) is 26.2. The summed E-state index contributed by atoms with van der Waals surface area (Å²) in [6.07, 6.45) is 14.1. The van der Waals surface area contributed by atoms with Gasteiger partial charge in [-0.3, -0.25) is 34.1 Å². The highest BCUT2D eigenvalue weighted by molar-refractivity contribution is 6.35. The van der Waals surface area contributed by atoms with E-state index in [1.165, 1.54) is 63.7 Å². The Kier molecular flexibility index (Phi) is 34.6. The molecule has 108 heavy (non-hydrogen) atoms. The molecule has 5 aliphatic carbocycles. The molecule has 1 aliphatic heterocycles. The Balaban J connectivity index is 0.000000190. The summed E-state index contributed by atoms with van der Waals surface area (Å²) in [6.45, 7) is 7.09. The largest absolute Gasteiger partial charge is 0.506 e. The lowest BCUT2D eigenvalue weighted by Gasteiger charge is -2.28. The third-order valence-electron chi connectivity index (χ3n) is 17.3. The molecule has 6 aliphatic rings. The molecule has 1 fully saturated rings. The number of Topliss-reactive ketones (excluding diaryl/α,β-unsaturated/α-hetero) is 1.